The van der Waals surface area contributed by atoms with E-state index in [4.69, 9.17) is 0 Å². The fourth-order valence-electron chi connectivity index (χ4n) is 3.29. The van der Waals surface area contributed by atoms with Crippen molar-refractivity contribution >= 4 is 22.5 Å². The van der Waals surface area contributed by atoms with Crippen LogP contribution in [-0.2, 0) is 11.3 Å². The van der Waals surface area contributed by atoms with Crippen LogP contribution in [0.3, 0.4) is 0 Å². The minimum Gasteiger partial charge on any atom is -0.324 e. The highest BCUT2D eigenvalue weighted by Gasteiger charge is 2.20. The molecule has 0 spiro atoms. The highest BCUT2D eigenvalue weighted by Crippen LogP contribution is 2.22. The molecule has 0 saturated heterocycles. The Labute approximate surface area is 168 Å². The Morgan fingerprint density at radius 1 is 0.897 bits per heavy atom. The summed E-state index contributed by atoms with van der Waals surface area (Å²) in [6.45, 7) is 0.371. The summed E-state index contributed by atoms with van der Waals surface area (Å²) < 4.78 is 14.1. The van der Waals surface area contributed by atoms with Gasteiger partial charge in [0.25, 0.3) is 0 Å². The summed E-state index contributed by atoms with van der Waals surface area (Å²) in [5.41, 5.74) is 3.00. The maximum absolute atomic E-state index is 14.1. The standard InChI is InChI=1S/C24H20FN3O/c25-21-14-13-18(22-20(21)12-7-15-26-22)16-27-23(17-8-3-1-4-9-17)24(29)28-19-10-5-2-6-11-19/h1-15,23,27H,16H2,(H,28,29). The average molecular weight is 385 g/mol. The topological polar surface area (TPSA) is 54.0 Å². The second-order valence-corrected chi connectivity index (χ2v) is 6.69. The van der Waals surface area contributed by atoms with Crippen molar-refractivity contribution in [3.8, 4) is 0 Å². The van der Waals surface area contributed by atoms with Gasteiger partial charge in [-0.25, -0.2) is 4.39 Å². The normalized spacial score (nSPS) is 11.9. The smallest absolute Gasteiger partial charge is 0.246 e. The quantitative estimate of drug-likeness (QED) is 0.499. The molecule has 1 unspecified atom stereocenters. The average Bonchev–Trinajstić information content (AvgIpc) is 2.77. The van der Waals surface area contributed by atoms with E-state index in [9.17, 15) is 9.18 Å². The number of benzene rings is 3. The van der Waals surface area contributed by atoms with Gasteiger partial charge in [0.1, 0.15) is 11.9 Å². The molecule has 0 aliphatic heterocycles. The molecule has 2 N–H and O–H groups in total. The summed E-state index contributed by atoms with van der Waals surface area (Å²) >= 11 is 0. The van der Waals surface area contributed by atoms with Crippen LogP contribution in [0.4, 0.5) is 10.1 Å². The van der Waals surface area contributed by atoms with Crippen LogP contribution < -0.4 is 10.6 Å². The fraction of sp³-hybridized carbons (Fsp3) is 0.0833. The third-order valence-corrected chi connectivity index (χ3v) is 4.73. The van der Waals surface area contributed by atoms with Gasteiger partial charge in [0.05, 0.1) is 5.52 Å². The molecule has 0 radical (unpaired) electrons. The first-order chi connectivity index (χ1) is 14.2. The zero-order valence-electron chi connectivity index (χ0n) is 15.7. The summed E-state index contributed by atoms with van der Waals surface area (Å²) in [6.07, 6.45) is 1.64. The molecule has 0 aliphatic carbocycles. The lowest BCUT2D eigenvalue weighted by Gasteiger charge is -2.19. The number of carbonyl (C=O) groups excluding carboxylic acids is 1. The summed E-state index contributed by atoms with van der Waals surface area (Å²) in [5, 5.41) is 6.72. The van der Waals surface area contributed by atoms with Crippen LogP contribution in [0.5, 0.6) is 0 Å². The van der Waals surface area contributed by atoms with Gasteiger partial charge >= 0.3 is 0 Å². The van der Waals surface area contributed by atoms with Gasteiger partial charge in [0.15, 0.2) is 0 Å². The van der Waals surface area contributed by atoms with Gasteiger partial charge in [-0.1, -0.05) is 54.6 Å². The summed E-state index contributed by atoms with van der Waals surface area (Å²) in [6, 6.07) is 24.8. The Morgan fingerprint density at radius 3 is 2.38 bits per heavy atom. The molecule has 0 saturated carbocycles. The number of hydrogen-bond acceptors (Lipinski definition) is 3. The highest BCUT2D eigenvalue weighted by molar-refractivity contribution is 5.95. The number of pyridine rings is 1. The van der Waals surface area contributed by atoms with Crippen LogP contribution in [0.25, 0.3) is 10.9 Å². The highest BCUT2D eigenvalue weighted by atomic mass is 19.1. The Morgan fingerprint density at radius 2 is 1.62 bits per heavy atom. The lowest BCUT2D eigenvalue weighted by Crippen LogP contribution is -2.32. The molecule has 1 heterocycles. The third kappa shape index (κ3) is 4.31. The van der Waals surface area contributed by atoms with E-state index in [1.807, 2.05) is 60.7 Å². The van der Waals surface area contributed by atoms with Gasteiger partial charge in [-0.15, -0.1) is 0 Å². The summed E-state index contributed by atoms with van der Waals surface area (Å²) in [4.78, 5) is 17.3. The molecule has 1 amide bonds. The molecule has 29 heavy (non-hydrogen) atoms. The predicted molar refractivity (Wildman–Crippen MR) is 113 cm³/mol. The Kier molecular flexibility index (Phi) is 5.59. The molecule has 1 atom stereocenters. The first-order valence-corrected chi connectivity index (χ1v) is 9.39. The molecular weight excluding hydrogens is 365 g/mol. The maximum Gasteiger partial charge on any atom is 0.246 e. The molecule has 4 rings (SSSR count). The number of aromatic nitrogens is 1. The van der Waals surface area contributed by atoms with Crippen molar-refractivity contribution < 1.29 is 9.18 Å². The molecule has 144 valence electrons. The molecule has 1 aromatic heterocycles. The minimum absolute atomic E-state index is 0.165. The molecule has 5 heteroatoms. The summed E-state index contributed by atoms with van der Waals surface area (Å²) in [7, 11) is 0. The van der Waals surface area contributed by atoms with E-state index in [2.05, 4.69) is 15.6 Å². The van der Waals surface area contributed by atoms with Gasteiger partial charge in [-0.05, 0) is 41.5 Å². The number of nitrogens with zero attached hydrogens (tertiary/aromatic N) is 1. The van der Waals surface area contributed by atoms with Crippen LogP contribution in [0.15, 0.2) is 91.1 Å². The number of carbonyl (C=O) groups is 1. The molecule has 4 aromatic rings. The van der Waals surface area contributed by atoms with Crippen LogP contribution in [-0.4, -0.2) is 10.9 Å². The van der Waals surface area contributed by atoms with Crippen LogP contribution in [0, 0.1) is 5.82 Å². The van der Waals surface area contributed by atoms with Crippen LogP contribution in [0.1, 0.15) is 17.2 Å². The molecular formula is C24H20FN3O. The van der Waals surface area contributed by atoms with E-state index in [-0.39, 0.29) is 11.7 Å². The van der Waals surface area contributed by atoms with Gasteiger partial charge in [0.2, 0.25) is 5.91 Å². The Balaban J connectivity index is 1.60. The van der Waals surface area contributed by atoms with Crippen molar-refractivity contribution in [1.82, 2.24) is 10.3 Å². The Hall–Kier alpha value is -3.57. The first kappa shape index (κ1) is 18.8. The number of amides is 1. The molecule has 0 bridgehead atoms. The van der Waals surface area contributed by atoms with Gasteiger partial charge < -0.3 is 5.32 Å². The van der Waals surface area contributed by atoms with E-state index in [1.54, 1.807) is 24.4 Å². The van der Waals surface area contributed by atoms with Crippen molar-refractivity contribution in [2.75, 3.05) is 5.32 Å². The molecule has 3 aromatic carbocycles. The van der Waals surface area contributed by atoms with E-state index >= 15 is 0 Å². The second-order valence-electron chi connectivity index (χ2n) is 6.69. The van der Waals surface area contributed by atoms with E-state index in [0.29, 0.717) is 17.4 Å². The third-order valence-electron chi connectivity index (χ3n) is 4.73. The number of anilines is 1. The fourth-order valence-corrected chi connectivity index (χ4v) is 3.29. The largest absolute Gasteiger partial charge is 0.324 e. The van der Waals surface area contributed by atoms with E-state index in [0.717, 1.165) is 16.8 Å². The minimum atomic E-state index is -0.569. The number of rotatable bonds is 6. The zero-order chi connectivity index (χ0) is 20.1. The first-order valence-electron chi connectivity index (χ1n) is 9.39. The van der Waals surface area contributed by atoms with Crippen LogP contribution >= 0.6 is 0 Å². The number of fused-ring (bicyclic) bond motifs is 1. The molecule has 0 fully saturated rings. The van der Waals surface area contributed by atoms with Gasteiger partial charge in [-0.3, -0.25) is 15.1 Å². The van der Waals surface area contributed by atoms with Crippen molar-refractivity contribution in [3.63, 3.8) is 0 Å². The summed E-state index contributed by atoms with van der Waals surface area (Å²) in [5.74, 6) is -0.472. The number of halogens is 1. The SMILES string of the molecule is O=C(Nc1ccccc1)C(NCc1ccc(F)c2cccnc12)c1ccccc1. The lowest BCUT2D eigenvalue weighted by molar-refractivity contribution is -0.118. The zero-order valence-corrected chi connectivity index (χ0v) is 15.7. The second kappa shape index (κ2) is 8.63. The number of nitrogens with one attached hydrogen (secondary N) is 2. The van der Waals surface area contributed by atoms with Crippen molar-refractivity contribution in [2.24, 2.45) is 0 Å². The lowest BCUT2D eigenvalue weighted by atomic mass is 10.0. The maximum atomic E-state index is 14.1. The van der Waals surface area contributed by atoms with E-state index < -0.39 is 6.04 Å². The Bertz CT molecular complexity index is 1120. The molecule has 4 nitrogen and oxygen atoms in total. The van der Waals surface area contributed by atoms with Gasteiger partial charge in [0, 0.05) is 23.8 Å². The van der Waals surface area contributed by atoms with Crippen molar-refractivity contribution in [2.45, 2.75) is 12.6 Å². The van der Waals surface area contributed by atoms with Crippen molar-refractivity contribution in [1.29, 1.82) is 0 Å². The number of para-hydroxylation sites is 1. The van der Waals surface area contributed by atoms with E-state index in [1.165, 1.54) is 6.07 Å². The predicted octanol–water partition coefficient (Wildman–Crippen LogP) is 4.84. The number of hydrogen-bond donors (Lipinski definition) is 2. The van der Waals surface area contributed by atoms with Gasteiger partial charge in [-0.2, -0.15) is 0 Å². The molecule has 0 aliphatic rings. The monoisotopic (exact) mass is 385 g/mol. The van der Waals surface area contributed by atoms with Crippen molar-refractivity contribution in [3.05, 3.63) is 108 Å². The van der Waals surface area contributed by atoms with Crippen LogP contribution in [0.2, 0.25) is 0 Å².